The van der Waals surface area contributed by atoms with Crippen molar-refractivity contribution in [3.05, 3.63) is 41.5 Å². The molecule has 0 aliphatic heterocycles. The molecule has 0 bridgehead atoms. The van der Waals surface area contributed by atoms with E-state index in [0.29, 0.717) is 5.92 Å². The number of para-hydroxylation sites is 1. The molecule has 1 aliphatic carbocycles. The van der Waals surface area contributed by atoms with Gasteiger partial charge in [0.05, 0.1) is 5.69 Å². The van der Waals surface area contributed by atoms with E-state index in [-0.39, 0.29) is 5.82 Å². The minimum Gasteiger partial charge on any atom is -0.475 e. The third kappa shape index (κ3) is 2.31. The summed E-state index contributed by atoms with van der Waals surface area (Å²) in [4.78, 5) is 15.3. The van der Waals surface area contributed by atoms with E-state index >= 15 is 0 Å². The van der Waals surface area contributed by atoms with Crippen LogP contribution in [0.3, 0.4) is 0 Å². The van der Waals surface area contributed by atoms with E-state index in [1.807, 2.05) is 18.2 Å². The fraction of sp³-hybridized carbons (Fsp3) is 0.400. The third-order valence-electron chi connectivity index (χ3n) is 3.51. The first-order chi connectivity index (χ1) is 9.70. The Hall–Kier alpha value is -2.17. The largest absolute Gasteiger partial charge is 0.475 e. The molecule has 2 aromatic rings. The molecule has 0 unspecified atom stereocenters. The van der Waals surface area contributed by atoms with Crippen molar-refractivity contribution in [1.82, 2.24) is 14.8 Å². The number of aromatic carboxylic acids is 1. The number of aryl methyl sites for hydroxylation is 1. The predicted octanol–water partition coefficient (Wildman–Crippen LogP) is 2.80. The molecule has 3 rings (SSSR count). The van der Waals surface area contributed by atoms with Crippen LogP contribution in [0.5, 0.6) is 0 Å². The van der Waals surface area contributed by atoms with E-state index in [1.165, 1.54) is 5.56 Å². The first-order valence-electron chi connectivity index (χ1n) is 6.99. The molecule has 1 aliphatic rings. The van der Waals surface area contributed by atoms with E-state index < -0.39 is 5.97 Å². The van der Waals surface area contributed by atoms with Gasteiger partial charge in [-0.3, -0.25) is 0 Å². The first kappa shape index (κ1) is 12.8. The van der Waals surface area contributed by atoms with Crippen LogP contribution in [0, 0.1) is 0 Å². The zero-order valence-electron chi connectivity index (χ0n) is 11.4. The van der Waals surface area contributed by atoms with Crippen molar-refractivity contribution in [2.24, 2.45) is 0 Å². The fourth-order valence-corrected chi connectivity index (χ4v) is 2.40. The molecule has 1 heterocycles. The summed E-state index contributed by atoms with van der Waals surface area (Å²) in [6.45, 7) is 2.13. The summed E-state index contributed by atoms with van der Waals surface area (Å²) in [5.74, 6) is -0.0481. The van der Waals surface area contributed by atoms with Crippen molar-refractivity contribution in [3.8, 4) is 5.69 Å². The molecule has 0 saturated heterocycles. The van der Waals surface area contributed by atoms with Gasteiger partial charge in [-0.2, -0.15) is 0 Å². The standard InChI is InChI=1S/C15H17N3O2/c1-2-5-10-6-3-4-7-12(10)18-14(11-8-9-11)16-13(17-18)15(19)20/h3-4,6-7,11H,2,5,8-9H2,1H3,(H,19,20). The van der Waals surface area contributed by atoms with Gasteiger partial charge in [0.1, 0.15) is 5.82 Å². The number of benzene rings is 1. The summed E-state index contributed by atoms with van der Waals surface area (Å²) < 4.78 is 1.73. The van der Waals surface area contributed by atoms with E-state index in [9.17, 15) is 4.79 Å². The van der Waals surface area contributed by atoms with Crippen molar-refractivity contribution in [3.63, 3.8) is 0 Å². The van der Waals surface area contributed by atoms with E-state index in [0.717, 1.165) is 37.2 Å². The van der Waals surface area contributed by atoms with Gasteiger partial charge in [-0.25, -0.2) is 14.5 Å². The summed E-state index contributed by atoms with van der Waals surface area (Å²) in [6.07, 6.45) is 4.11. The van der Waals surface area contributed by atoms with Crippen LogP contribution < -0.4 is 0 Å². The highest BCUT2D eigenvalue weighted by molar-refractivity contribution is 5.83. The molecule has 0 spiro atoms. The van der Waals surface area contributed by atoms with Crippen LogP contribution >= 0.6 is 0 Å². The Morgan fingerprint density at radius 3 is 2.80 bits per heavy atom. The van der Waals surface area contributed by atoms with Gasteiger partial charge < -0.3 is 5.11 Å². The van der Waals surface area contributed by atoms with Crippen molar-refractivity contribution >= 4 is 5.97 Å². The molecule has 5 heteroatoms. The molecule has 1 fully saturated rings. The lowest BCUT2D eigenvalue weighted by molar-refractivity contribution is 0.0683. The summed E-state index contributed by atoms with van der Waals surface area (Å²) in [5, 5.41) is 13.3. The number of aromatic nitrogens is 3. The molecular weight excluding hydrogens is 254 g/mol. The molecule has 5 nitrogen and oxygen atoms in total. The summed E-state index contributed by atoms with van der Waals surface area (Å²) in [7, 11) is 0. The Labute approximate surface area is 117 Å². The lowest BCUT2D eigenvalue weighted by Crippen LogP contribution is -2.06. The smallest absolute Gasteiger partial charge is 0.375 e. The lowest BCUT2D eigenvalue weighted by atomic mass is 10.1. The second-order valence-corrected chi connectivity index (χ2v) is 5.16. The zero-order chi connectivity index (χ0) is 14.1. The Kier molecular flexibility index (Phi) is 3.26. The maximum atomic E-state index is 11.1. The van der Waals surface area contributed by atoms with Crippen LogP contribution in [0.25, 0.3) is 5.69 Å². The van der Waals surface area contributed by atoms with Crippen LogP contribution in [0.15, 0.2) is 24.3 Å². The molecule has 1 aromatic carbocycles. The molecular formula is C15H17N3O2. The van der Waals surface area contributed by atoms with Crippen LogP contribution in [-0.4, -0.2) is 25.8 Å². The van der Waals surface area contributed by atoms with E-state index in [4.69, 9.17) is 5.11 Å². The Morgan fingerprint density at radius 2 is 2.15 bits per heavy atom. The van der Waals surface area contributed by atoms with Gasteiger partial charge in [0.15, 0.2) is 0 Å². The average molecular weight is 271 g/mol. The molecule has 1 aromatic heterocycles. The second kappa shape index (κ2) is 5.07. The van der Waals surface area contributed by atoms with Crippen LogP contribution in [0.1, 0.15) is 54.1 Å². The average Bonchev–Trinajstić information content (AvgIpc) is 3.19. The normalized spacial score (nSPS) is 14.4. The summed E-state index contributed by atoms with van der Waals surface area (Å²) >= 11 is 0. The molecule has 0 radical (unpaired) electrons. The number of carboxylic acids is 1. The van der Waals surface area contributed by atoms with Gasteiger partial charge in [-0.05, 0) is 30.9 Å². The monoisotopic (exact) mass is 271 g/mol. The number of carbonyl (C=O) groups is 1. The first-order valence-corrected chi connectivity index (χ1v) is 6.99. The number of hydrogen-bond acceptors (Lipinski definition) is 3. The maximum Gasteiger partial charge on any atom is 0.375 e. The van der Waals surface area contributed by atoms with Gasteiger partial charge in [-0.1, -0.05) is 31.5 Å². The quantitative estimate of drug-likeness (QED) is 0.908. The summed E-state index contributed by atoms with van der Waals surface area (Å²) in [5.41, 5.74) is 2.13. The number of nitrogens with zero attached hydrogens (tertiary/aromatic N) is 3. The Morgan fingerprint density at radius 1 is 1.40 bits per heavy atom. The highest BCUT2D eigenvalue weighted by Gasteiger charge is 2.31. The van der Waals surface area contributed by atoms with Crippen molar-refractivity contribution in [2.75, 3.05) is 0 Å². The van der Waals surface area contributed by atoms with Crippen LogP contribution in [0.2, 0.25) is 0 Å². The number of rotatable bonds is 5. The maximum absolute atomic E-state index is 11.1. The van der Waals surface area contributed by atoms with Crippen molar-refractivity contribution in [2.45, 2.75) is 38.5 Å². The molecule has 104 valence electrons. The lowest BCUT2D eigenvalue weighted by Gasteiger charge is -2.10. The highest BCUT2D eigenvalue weighted by Crippen LogP contribution is 2.40. The minimum atomic E-state index is -1.07. The second-order valence-electron chi connectivity index (χ2n) is 5.16. The third-order valence-corrected chi connectivity index (χ3v) is 3.51. The van der Waals surface area contributed by atoms with Crippen LogP contribution in [-0.2, 0) is 6.42 Å². The number of carboxylic acid groups (broad SMARTS) is 1. The van der Waals surface area contributed by atoms with Crippen molar-refractivity contribution < 1.29 is 9.90 Å². The van der Waals surface area contributed by atoms with Gasteiger partial charge in [0.25, 0.3) is 5.82 Å². The van der Waals surface area contributed by atoms with Crippen molar-refractivity contribution in [1.29, 1.82) is 0 Å². The molecule has 1 saturated carbocycles. The van der Waals surface area contributed by atoms with Gasteiger partial charge in [0, 0.05) is 5.92 Å². The predicted molar refractivity (Wildman–Crippen MR) is 74.3 cm³/mol. The summed E-state index contributed by atoms with van der Waals surface area (Å²) in [6, 6.07) is 8.00. The molecule has 0 amide bonds. The Bertz CT molecular complexity index is 644. The van der Waals surface area contributed by atoms with Gasteiger partial charge in [-0.15, -0.1) is 5.10 Å². The molecule has 20 heavy (non-hydrogen) atoms. The highest BCUT2D eigenvalue weighted by atomic mass is 16.4. The Balaban J connectivity index is 2.11. The van der Waals surface area contributed by atoms with E-state index in [2.05, 4.69) is 23.1 Å². The minimum absolute atomic E-state index is 0.113. The zero-order valence-corrected chi connectivity index (χ0v) is 11.4. The van der Waals surface area contributed by atoms with E-state index in [1.54, 1.807) is 4.68 Å². The van der Waals surface area contributed by atoms with Crippen LogP contribution in [0.4, 0.5) is 0 Å². The topological polar surface area (TPSA) is 68.0 Å². The SMILES string of the molecule is CCCc1ccccc1-n1nc(C(=O)O)nc1C1CC1. The van der Waals surface area contributed by atoms with Gasteiger partial charge >= 0.3 is 5.97 Å². The van der Waals surface area contributed by atoms with Gasteiger partial charge in [0.2, 0.25) is 0 Å². The molecule has 0 atom stereocenters. The fourth-order valence-electron chi connectivity index (χ4n) is 2.40. The number of hydrogen-bond donors (Lipinski definition) is 1. The molecule has 1 N–H and O–H groups in total.